The summed E-state index contributed by atoms with van der Waals surface area (Å²) in [6, 6.07) is 9.98. The third kappa shape index (κ3) is 4.06. The quantitative estimate of drug-likeness (QED) is 0.428. The monoisotopic (exact) mass is 357 g/mol. The van der Waals surface area contributed by atoms with Crippen LogP contribution in [0.15, 0.2) is 36.5 Å². The Morgan fingerprint density at radius 2 is 2.12 bits per heavy atom. The first-order valence-electron chi connectivity index (χ1n) is 8.12. The van der Waals surface area contributed by atoms with Crippen molar-refractivity contribution in [3.63, 3.8) is 0 Å². The first-order chi connectivity index (χ1) is 12.6. The number of nitro groups is 1. The number of likely N-dealkylation sites (N-methyl/N-ethyl adjacent to an activating group) is 1. The molecule has 1 aliphatic heterocycles. The number of ether oxygens (including phenoxy) is 1. The first-order valence-corrected chi connectivity index (χ1v) is 8.12. The number of aromatic nitrogens is 3. The van der Waals surface area contributed by atoms with Gasteiger partial charge in [0.1, 0.15) is 12.8 Å². The van der Waals surface area contributed by atoms with Gasteiger partial charge in [-0.3, -0.25) is 9.36 Å². The summed E-state index contributed by atoms with van der Waals surface area (Å²) in [4.78, 5) is 29.2. The van der Waals surface area contributed by atoms with Crippen LogP contribution in [0.2, 0.25) is 0 Å². The number of nitrogens with one attached hydrogen (secondary N) is 1. The molecule has 0 saturated heterocycles. The highest BCUT2D eigenvalue weighted by Crippen LogP contribution is 2.18. The maximum absolute atomic E-state index is 10.5. The number of carbonyl (C=O) groups is 1. The summed E-state index contributed by atoms with van der Waals surface area (Å²) in [7, 11) is 1.99. The first kappa shape index (κ1) is 17.6. The Labute approximate surface area is 149 Å². The number of carbonyl (C=O) groups excluding carboxylic acids is 1. The van der Waals surface area contributed by atoms with Gasteiger partial charge in [-0.05, 0) is 24.1 Å². The highest BCUT2D eigenvalue weighted by atomic mass is 16.6. The number of H-pyrrole nitrogens is 1. The summed E-state index contributed by atoms with van der Waals surface area (Å²) >= 11 is 0. The highest BCUT2D eigenvalue weighted by Gasteiger charge is 2.21. The number of fused-ring (bicyclic) bond motifs is 2. The summed E-state index contributed by atoms with van der Waals surface area (Å²) in [5.41, 5.74) is 1.64. The minimum atomic E-state index is -0.509. The van der Waals surface area contributed by atoms with Crippen LogP contribution in [0.4, 0.5) is 5.82 Å². The number of nitrogens with zero attached hydrogens (tertiary/aromatic N) is 4. The van der Waals surface area contributed by atoms with E-state index in [1.54, 1.807) is 4.57 Å². The average Bonchev–Trinajstić information content (AvgIpc) is 3.22. The molecule has 0 aliphatic carbocycles. The average molecular weight is 357 g/mol. The number of hydrogen-bond acceptors (Lipinski definition) is 6. The molecule has 0 amide bonds. The van der Waals surface area contributed by atoms with E-state index in [1.807, 2.05) is 37.4 Å². The molecule has 1 aromatic carbocycles. The summed E-state index contributed by atoms with van der Waals surface area (Å²) in [5, 5.41) is 11.6. The molecule has 3 aromatic rings. The van der Waals surface area contributed by atoms with Crippen LogP contribution in [0.1, 0.15) is 10.5 Å². The highest BCUT2D eigenvalue weighted by molar-refractivity contribution is 5.87. The van der Waals surface area contributed by atoms with Crippen LogP contribution in [0.3, 0.4) is 0 Å². The van der Waals surface area contributed by atoms with E-state index >= 15 is 0 Å². The number of hydrogen-bond donors (Lipinski definition) is 1. The van der Waals surface area contributed by atoms with Crippen molar-refractivity contribution in [3.05, 3.63) is 52.3 Å². The number of aromatic amines is 1. The number of para-hydroxylation sites is 1. The molecule has 26 heavy (non-hydrogen) atoms. The second-order valence-electron chi connectivity index (χ2n) is 5.91. The fourth-order valence-corrected chi connectivity index (χ4v) is 2.59. The van der Waals surface area contributed by atoms with E-state index in [4.69, 9.17) is 4.74 Å². The molecule has 2 aromatic heterocycles. The number of benzene rings is 1. The standard InChI is InChI=1S/C9H7NO.C8H12N4O3/c11-6-8-5-7-3-1-2-4-9(7)10-8;1-10-2-3-11-6-7(12(13)14)9-8(11)15-5-4-10/h1-6,10H;6H,2-5H2,1H3. The van der Waals surface area contributed by atoms with Crippen molar-refractivity contribution in [1.29, 1.82) is 0 Å². The van der Waals surface area contributed by atoms with Crippen LogP contribution in [-0.2, 0) is 6.54 Å². The van der Waals surface area contributed by atoms with E-state index in [1.165, 1.54) is 6.20 Å². The van der Waals surface area contributed by atoms with E-state index in [0.29, 0.717) is 24.9 Å². The van der Waals surface area contributed by atoms with Crippen LogP contribution in [0.5, 0.6) is 6.01 Å². The van der Waals surface area contributed by atoms with Crippen molar-refractivity contribution in [1.82, 2.24) is 19.4 Å². The van der Waals surface area contributed by atoms with Gasteiger partial charge in [-0.2, -0.15) is 0 Å². The van der Waals surface area contributed by atoms with E-state index in [2.05, 4.69) is 14.9 Å². The van der Waals surface area contributed by atoms with Crippen LogP contribution < -0.4 is 4.74 Å². The van der Waals surface area contributed by atoms with Crippen molar-refractivity contribution in [3.8, 4) is 6.01 Å². The van der Waals surface area contributed by atoms with Crippen LogP contribution in [0, 0.1) is 10.1 Å². The molecular weight excluding hydrogens is 338 g/mol. The molecule has 0 atom stereocenters. The molecule has 3 heterocycles. The van der Waals surface area contributed by atoms with Gasteiger partial charge in [0.15, 0.2) is 6.29 Å². The van der Waals surface area contributed by atoms with Crippen LogP contribution in [0.25, 0.3) is 10.9 Å². The fraction of sp³-hybridized carbons (Fsp3) is 0.294. The van der Waals surface area contributed by atoms with E-state index in [0.717, 1.165) is 30.3 Å². The molecular formula is C17H19N5O4. The minimum Gasteiger partial charge on any atom is -0.444 e. The van der Waals surface area contributed by atoms with Gasteiger partial charge in [-0.25, -0.2) is 0 Å². The second-order valence-corrected chi connectivity index (χ2v) is 5.91. The Morgan fingerprint density at radius 1 is 1.31 bits per heavy atom. The van der Waals surface area contributed by atoms with Gasteiger partial charge in [0.25, 0.3) is 0 Å². The Hall–Kier alpha value is -3.20. The van der Waals surface area contributed by atoms with E-state index < -0.39 is 4.92 Å². The molecule has 0 unspecified atom stereocenters. The van der Waals surface area contributed by atoms with Crippen molar-refractivity contribution in [2.45, 2.75) is 6.54 Å². The largest absolute Gasteiger partial charge is 0.444 e. The predicted octanol–water partition coefficient (Wildman–Crippen LogP) is 2.10. The SMILES string of the molecule is CN1CCOc2nc([N+](=O)[O-])cn2CC1.O=Cc1cc2ccccc2[nH]1. The van der Waals surface area contributed by atoms with E-state index in [-0.39, 0.29) is 5.82 Å². The fourth-order valence-electron chi connectivity index (χ4n) is 2.59. The Balaban J connectivity index is 0.000000158. The van der Waals surface area contributed by atoms with Crippen LogP contribution >= 0.6 is 0 Å². The Bertz CT molecular complexity index is 884. The lowest BCUT2D eigenvalue weighted by molar-refractivity contribution is -0.389. The molecule has 9 nitrogen and oxygen atoms in total. The van der Waals surface area contributed by atoms with Crippen molar-refractivity contribution in [2.24, 2.45) is 0 Å². The van der Waals surface area contributed by atoms with Crippen molar-refractivity contribution in [2.75, 3.05) is 26.7 Å². The zero-order valence-corrected chi connectivity index (χ0v) is 14.3. The minimum absolute atomic E-state index is 0.158. The van der Waals surface area contributed by atoms with Gasteiger partial charge in [0.2, 0.25) is 0 Å². The zero-order valence-electron chi connectivity index (χ0n) is 14.3. The lowest BCUT2D eigenvalue weighted by atomic mass is 10.2. The smallest absolute Gasteiger partial charge is 0.414 e. The normalized spacial score (nSPS) is 14.3. The maximum atomic E-state index is 10.5. The molecule has 1 aliphatic rings. The Morgan fingerprint density at radius 3 is 2.85 bits per heavy atom. The summed E-state index contributed by atoms with van der Waals surface area (Å²) in [5.74, 6) is -0.158. The van der Waals surface area contributed by atoms with Gasteiger partial charge in [0.05, 0.1) is 5.69 Å². The topological polar surface area (TPSA) is 106 Å². The van der Waals surface area contributed by atoms with Gasteiger partial charge in [-0.1, -0.05) is 18.2 Å². The third-order valence-corrected chi connectivity index (χ3v) is 4.02. The molecule has 0 saturated carbocycles. The summed E-state index contributed by atoms with van der Waals surface area (Å²) in [6.45, 7) is 2.81. The van der Waals surface area contributed by atoms with Gasteiger partial charge in [0, 0.05) is 35.5 Å². The molecule has 0 bridgehead atoms. The number of rotatable bonds is 2. The van der Waals surface area contributed by atoms with Gasteiger partial charge < -0.3 is 24.7 Å². The van der Waals surface area contributed by atoms with Crippen molar-refractivity contribution >= 4 is 23.0 Å². The summed E-state index contributed by atoms with van der Waals surface area (Å²) in [6.07, 6.45) is 2.23. The van der Waals surface area contributed by atoms with Crippen molar-refractivity contribution < 1.29 is 14.5 Å². The molecule has 9 heteroatoms. The lowest BCUT2D eigenvalue weighted by Gasteiger charge is -2.19. The van der Waals surface area contributed by atoms with Gasteiger partial charge in [-0.15, -0.1) is 0 Å². The van der Waals surface area contributed by atoms with E-state index in [9.17, 15) is 14.9 Å². The van der Waals surface area contributed by atoms with Crippen LogP contribution in [-0.4, -0.2) is 57.4 Å². The molecule has 0 spiro atoms. The molecule has 1 N–H and O–H groups in total. The maximum Gasteiger partial charge on any atom is 0.414 e. The molecule has 4 rings (SSSR count). The summed E-state index contributed by atoms with van der Waals surface area (Å²) < 4.78 is 7.01. The Kier molecular flexibility index (Phi) is 5.28. The molecule has 0 fully saturated rings. The number of aldehydes is 1. The van der Waals surface area contributed by atoms with Gasteiger partial charge >= 0.3 is 11.8 Å². The second kappa shape index (κ2) is 7.79. The number of imidazole rings is 1. The zero-order chi connectivity index (χ0) is 18.5. The third-order valence-electron chi connectivity index (χ3n) is 4.02. The lowest BCUT2D eigenvalue weighted by Crippen LogP contribution is -2.30. The molecule has 136 valence electrons. The molecule has 0 radical (unpaired) electrons. The predicted molar refractivity (Wildman–Crippen MR) is 95.6 cm³/mol.